The van der Waals surface area contributed by atoms with Crippen LogP contribution in [0.25, 0.3) is 10.8 Å². The summed E-state index contributed by atoms with van der Waals surface area (Å²) in [7, 11) is 0. The Hall–Kier alpha value is -1.70. The van der Waals surface area contributed by atoms with Gasteiger partial charge >= 0.3 is 0 Å². The van der Waals surface area contributed by atoms with Crippen molar-refractivity contribution in [2.75, 3.05) is 0 Å². The molecule has 20 heavy (non-hydrogen) atoms. The second-order valence-corrected chi connectivity index (χ2v) is 4.13. The van der Waals surface area contributed by atoms with Crippen LogP contribution in [0.3, 0.4) is 0 Å². The molecule has 0 aromatic heterocycles. The summed E-state index contributed by atoms with van der Waals surface area (Å²) in [6.45, 7) is 2.14. The molecule has 0 saturated heterocycles. The van der Waals surface area contributed by atoms with E-state index in [-0.39, 0.29) is 24.8 Å². The Bertz CT molecular complexity index is 619. The van der Waals surface area contributed by atoms with Gasteiger partial charge in [0.1, 0.15) is 5.75 Å². The van der Waals surface area contributed by atoms with Crippen LogP contribution in [0.2, 0.25) is 0 Å². The number of halogens is 2. The smallest absolute Gasteiger partial charge is 0.115 e. The van der Waals surface area contributed by atoms with E-state index in [4.69, 9.17) is 5.11 Å². The van der Waals surface area contributed by atoms with Gasteiger partial charge in [-0.05, 0) is 35.4 Å². The molecule has 3 aromatic rings. The summed E-state index contributed by atoms with van der Waals surface area (Å²) < 4.78 is 0. The minimum Gasteiger partial charge on any atom is -0.508 e. The molecule has 0 heterocycles. The molecule has 0 spiro atoms. The van der Waals surface area contributed by atoms with Gasteiger partial charge in [-0.2, -0.15) is 0 Å². The highest BCUT2D eigenvalue weighted by Gasteiger charge is 1.92. The van der Waals surface area contributed by atoms with Crippen molar-refractivity contribution in [3.63, 3.8) is 0 Å². The third kappa shape index (κ3) is 5.12. The minimum atomic E-state index is 0. The van der Waals surface area contributed by atoms with Crippen LogP contribution >= 0.6 is 24.8 Å². The minimum absolute atomic E-state index is 0. The predicted molar refractivity (Wildman–Crippen MR) is 91.3 cm³/mol. The first-order valence-electron chi connectivity index (χ1n) is 5.96. The van der Waals surface area contributed by atoms with Gasteiger partial charge < -0.3 is 5.11 Å². The Kier molecular flexibility index (Phi) is 8.46. The van der Waals surface area contributed by atoms with Gasteiger partial charge in [0.2, 0.25) is 0 Å². The lowest BCUT2D eigenvalue weighted by Crippen LogP contribution is -1.75. The van der Waals surface area contributed by atoms with Crippen LogP contribution in [0.15, 0.2) is 72.8 Å². The van der Waals surface area contributed by atoms with E-state index in [1.807, 2.05) is 6.07 Å². The van der Waals surface area contributed by atoms with Crippen molar-refractivity contribution < 1.29 is 5.11 Å². The summed E-state index contributed by atoms with van der Waals surface area (Å²) in [5, 5.41) is 11.3. The molecule has 0 saturated carbocycles. The summed E-state index contributed by atoms with van der Waals surface area (Å²) in [6, 6.07) is 23.5. The van der Waals surface area contributed by atoms with E-state index in [1.165, 1.54) is 16.3 Å². The molecule has 0 unspecified atom stereocenters. The van der Waals surface area contributed by atoms with Crippen molar-refractivity contribution in [2.45, 2.75) is 6.92 Å². The molecule has 0 aliphatic carbocycles. The summed E-state index contributed by atoms with van der Waals surface area (Å²) >= 11 is 0. The van der Waals surface area contributed by atoms with Crippen LogP contribution in [0.5, 0.6) is 5.75 Å². The van der Waals surface area contributed by atoms with Crippen molar-refractivity contribution in [3.05, 3.63) is 78.4 Å². The molecule has 3 rings (SSSR count). The molecule has 1 nitrogen and oxygen atoms in total. The third-order valence-electron chi connectivity index (χ3n) is 2.76. The second kappa shape index (κ2) is 9.24. The summed E-state index contributed by atoms with van der Waals surface area (Å²) in [5.41, 5.74) is 1.35. The Morgan fingerprint density at radius 2 is 1.20 bits per heavy atom. The van der Waals surface area contributed by atoms with E-state index < -0.39 is 0 Å². The fourth-order valence-corrected chi connectivity index (χ4v) is 1.82. The van der Waals surface area contributed by atoms with Crippen LogP contribution in [0.4, 0.5) is 0 Å². The zero-order chi connectivity index (χ0) is 12.8. The first-order chi connectivity index (χ1) is 8.77. The SMILES string of the molecule is Cc1cccc2ccccc12.Cl.Cl.Oc1ccccc1. The number of benzene rings is 3. The molecule has 0 amide bonds. The monoisotopic (exact) mass is 308 g/mol. The fourth-order valence-electron chi connectivity index (χ4n) is 1.82. The lowest BCUT2D eigenvalue weighted by atomic mass is 10.1. The molecule has 3 aromatic carbocycles. The Labute approximate surface area is 132 Å². The molecule has 3 heteroatoms. The molecule has 0 aliphatic heterocycles. The maximum atomic E-state index is 8.63. The number of aryl methyl sites for hydroxylation is 1. The number of para-hydroxylation sites is 1. The predicted octanol–water partition coefficient (Wildman–Crippen LogP) is 5.38. The van der Waals surface area contributed by atoms with Gasteiger partial charge in [-0.15, -0.1) is 24.8 Å². The maximum absolute atomic E-state index is 8.63. The van der Waals surface area contributed by atoms with Crippen molar-refractivity contribution in [2.24, 2.45) is 0 Å². The molecule has 0 bridgehead atoms. The number of hydrogen-bond acceptors (Lipinski definition) is 1. The topological polar surface area (TPSA) is 20.2 Å². The van der Waals surface area contributed by atoms with E-state index in [0.717, 1.165) is 0 Å². The van der Waals surface area contributed by atoms with Gasteiger partial charge in [0.25, 0.3) is 0 Å². The summed E-state index contributed by atoms with van der Waals surface area (Å²) in [5.74, 6) is 0.322. The van der Waals surface area contributed by atoms with Crippen LogP contribution < -0.4 is 0 Å². The number of aromatic hydroxyl groups is 1. The highest BCUT2D eigenvalue weighted by Crippen LogP contribution is 2.16. The van der Waals surface area contributed by atoms with Gasteiger partial charge in [0.15, 0.2) is 0 Å². The van der Waals surface area contributed by atoms with E-state index in [2.05, 4.69) is 49.4 Å². The number of rotatable bonds is 0. The van der Waals surface area contributed by atoms with E-state index in [1.54, 1.807) is 24.3 Å². The van der Waals surface area contributed by atoms with Gasteiger partial charge in [0.05, 0.1) is 0 Å². The third-order valence-corrected chi connectivity index (χ3v) is 2.76. The molecule has 0 aliphatic rings. The number of hydrogen-bond donors (Lipinski definition) is 1. The van der Waals surface area contributed by atoms with E-state index >= 15 is 0 Å². The zero-order valence-corrected chi connectivity index (χ0v) is 12.8. The molecular weight excluding hydrogens is 291 g/mol. The molecule has 0 radical (unpaired) electrons. The van der Waals surface area contributed by atoms with Crippen molar-refractivity contribution in [3.8, 4) is 5.75 Å². The average molecular weight is 309 g/mol. The van der Waals surface area contributed by atoms with Gasteiger partial charge in [-0.3, -0.25) is 0 Å². The number of phenolic OH excluding ortho intramolecular Hbond substituents is 1. The van der Waals surface area contributed by atoms with Crippen molar-refractivity contribution >= 4 is 35.6 Å². The lowest BCUT2D eigenvalue weighted by molar-refractivity contribution is 0.475. The highest BCUT2D eigenvalue weighted by atomic mass is 35.5. The molecule has 106 valence electrons. The summed E-state index contributed by atoms with van der Waals surface area (Å²) in [4.78, 5) is 0. The van der Waals surface area contributed by atoms with E-state index in [9.17, 15) is 0 Å². The molecule has 1 N–H and O–H groups in total. The molecule has 0 atom stereocenters. The maximum Gasteiger partial charge on any atom is 0.115 e. The first kappa shape index (κ1) is 18.3. The second-order valence-electron chi connectivity index (χ2n) is 4.13. The van der Waals surface area contributed by atoms with Crippen molar-refractivity contribution in [1.82, 2.24) is 0 Å². The highest BCUT2D eigenvalue weighted by molar-refractivity contribution is 5.86. The zero-order valence-electron chi connectivity index (χ0n) is 11.2. The quantitative estimate of drug-likeness (QED) is 0.591. The average Bonchev–Trinajstić information content (AvgIpc) is 2.41. The fraction of sp³-hybridized carbons (Fsp3) is 0.0588. The Morgan fingerprint density at radius 3 is 1.75 bits per heavy atom. The van der Waals surface area contributed by atoms with Gasteiger partial charge in [0, 0.05) is 0 Å². The van der Waals surface area contributed by atoms with Crippen LogP contribution in [-0.2, 0) is 0 Å². The number of fused-ring (bicyclic) bond motifs is 1. The normalized spacial score (nSPS) is 8.65. The van der Waals surface area contributed by atoms with Crippen LogP contribution in [0.1, 0.15) is 5.56 Å². The van der Waals surface area contributed by atoms with Gasteiger partial charge in [-0.25, -0.2) is 0 Å². The van der Waals surface area contributed by atoms with Crippen LogP contribution in [0, 0.1) is 6.92 Å². The Balaban J connectivity index is 0.000000356. The Morgan fingerprint density at radius 1 is 0.650 bits per heavy atom. The van der Waals surface area contributed by atoms with E-state index in [0.29, 0.717) is 5.75 Å². The first-order valence-corrected chi connectivity index (χ1v) is 5.96. The molecular formula is C17H18Cl2O. The standard InChI is InChI=1S/C11H10.C6H6O.2ClH/c1-9-5-4-7-10-6-2-3-8-11(9)10;7-6-4-2-1-3-5-6;;/h2-8H,1H3;1-5,7H;2*1H. The van der Waals surface area contributed by atoms with Crippen molar-refractivity contribution in [1.29, 1.82) is 0 Å². The molecule has 0 fully saturated rings. The summed E-state index contributed by atoms with van der Waals surface area (Å²) in [6.07, 6.45) is 0. The largest absolute Gasteiger partial charge is 0.508 e. The number of phenols is 1. The van der Waals surface area contributed by atoms with Gasteiger partial charge in [-0.1, -0.05) is 60.7 Å². The lowest BCUT2D eigenvalue weighted by Gasteiger charge is -1.98. The van der Waals surface area contributed by atoms with Crippen LogP contribution in [-0.4, -0.2) is 5.11 Å².